The van der Waals surface area contributed by atoms with Gasteiger partial charge in [0.2, 0.25) is 0 Å². The molecule has 6 nitrogen and oxygen atoms in total. The van der Waals surface area contributed by atoms with E-state index < -0.39 is 5.54 Å². The molecule has 0 atom stereocenters. The number of pyridine rings is 1. The Balaban J connectivity index is 2.02. The number of rotatable bonds is 4. The average molecular weight is 291 g/mol. The maximum Gasteiger partial charge on any atom is 0.251 e. The Morgan fingerprint density at radius 3 is 2.67 bits per heavy atom. The van der Waals surface area contributed by atoms with Crippen LogP contribution in [-0.2, 0) is 0 Å². The summed E-state index contributed by atoms with van der Waals surface area (Å²) in [6.07, 6.45) is 1.69. The number of amides is 1. The molecule has 2 heterocycles. The van der Waals surface area contributed by atoms with Crippen LogP contribution in [0.15, 0.2) is 18.3 Å². The van der Waals surface area contributed by atoms with E-state index in [2.05, 4.69) is 27.1 Å². The lowest BCUT2D eigenvalue weighted by atomic mass is 10.1. The van der Waals surface area contributed by atoms with Gasteiger partial charge in [-0.15, -0.1) is 0 Å². The highest BCUT2D eigenvalue weighted by Gasteiger charge is 2.17. The molecule has 0 unspecified atom stereocenters. The van der Waals surface area contributed by atoms with Crippen molar-refractivity contribution in [2.24, 2.45) is 5.73 Å². The van der Waals surface area contributed by atoms with Crippen molar-refractivity contribution in [3.05, 3.63) is 23.9 Å². The van der Waals surface area contributed by atoms with Crippen LogP contribution < -0.4 is 16.0 Å². The quantitative estimate of drug-likeness (QED) is 0.834. The van der Waals surface area contributed by atoms with Crippen molar-refractivity contribution in [2.45, 2.75) is 19.4 Å². The van der Waals surface area contributed by atoms with E-state index in [4.69, 9.17) is 5.73 Å². The molecule has 0 aliphatic carbocycles. The largest absolute Gasteiger partial charge is 0.354 e. The van der Waals surface area contributed by atoms with E-state index in [1.807, 2.05) is 19.9 Å². The van der Waals surface area contributed by atoms with Crippen molar-refractivity contribution < 1.29 is 4.79 Å². The third kappa shape index (κ3) is 4.68. The molecule has 0 aromatic carbocycles. The molecular weight excluding hydrogens is 266 g/mol. The van der Waals surface area contributed by atoms with Crippen LogP contribution in [0.1, 0.15) is 24.2 Å². The van der Waals surface area contributed by atoms with Gasteiger partial charge in [0, 0.05) is 50.0 Å². The monoisotopic (exact) mass is 291 g/mol. The van der Waals surface area contributed by atoms with Gasteiger partial charge in [-0.25, -0.2) is 4.98 Å². The molecule has 1 aromatic rings. The second-order valence-electron chi connectivity index (χ2n) is 6.36. The standard InChI is InChI=1S/C15H25N5O/c1-15(2,16)11-18-14(21)12-4-5-17-13(10-12)20-8-6-19(3)7-9-20/h4-5,10H,6-9,11,16H2,1-3H3,(H,18,21). The van der Waals surface area contributed by atoms with Gasteiger partial charge in [0.25, 0.3) is 5.91 Å². The Hall–Kier alpha value is -1.66. The van der Waals surface area contributed by atoms with Gasteiger partial charge in [-0.3, -0.25) is 4.79 Å². The van der Waals surface area contributed by atoms with Crippen molar-refractivity contribution in [3.8, 4) is 0 Å². The maximum absolute atomic E-state index is 12.2. The SMILES string of the molecule is CN1CCN(c2cc(C(=O)NCC(C)(C)N)ccn2)CC1. The molecule has 1 aliphatic rings. The molecule has 2 rings (SSSR count). The number of nitrogens with one attached hydrogen (secondary N) is 1. The molecule has 1 aromatic heterocycles. The van der Waals surface area contributed by atoms with E-state index in [1.54, 1.807) is 12.3 Å². The summed E-state index contributed by atoms with van der Waals surface area (Å²) in [4.78, 5) is 21.0. The molecule has 1 aliphatic heterocycles. The first-order valence-electron chi connectivity index (χ1n) is 7.32. The third-order valence-electron chi connectivity index (χ3n) is 3.54. The van der Waals surface area contributed by atoms with Crippen LogP contribution in [-0.4, -0.2) is 61.1 Å². The van der Waals surface area contributed by atoms with Gasteiger partial charge in [-0.05, 0) is 33.0 Å². The first-order chi connectivity index (χ1) is 9.85. The highest BCUT2D eigenvalue weighted by atomic mass is 16.1. The molecule has 1 fully saturated rings. The summed E-state index contributed by atoms with van der Waals surface area (Å²) in [5.41, 5.74) is 6.10. The summed E-state index contributed by atoms with van der Waals surface area (Å²) in [5, 5.41) is 2.86. The molecule has 3 N–H and O–H groups in total. The molecule has 0 saturated carbocycles. The Bertz CT molecular complexity index is 489. The van der Waals surface area contributed by atoms with Gasteiger partial charge >= 0.3 is 0 Å². The van der Waals surface area contributed by atoms with Crippen LogP contribution in [0.25, 0.3) is 0 Å². The normalized spacial score (nSPS) is 16.9. The van der Waals surface area contributed by atoms with Crippen LogP contribution in [0.5, 0.6) is 0 Å². The number of hydrogen-bond acceptors (Lipinski definition) is 5. The zero-order chi connectivity index (χ0) is 15.5. The fourth-order valence-corrected chi connectivity index (χ4v) is 2.18. The lowest BCUT2D eigenvalue weighted by molar-refractivity contribution is 0.0946. The summed E-state index contributed by atoms with van der Waals surface area (Å²) in [5.74, 6) is 0.758. The minimum Gasteiger partial charge on any atom is -0.354 e. The highest BCUT2D eigenvalue weighted by molar-refractivity contribution is 5.94. The molecule has 0 spiro atoms. The summed E-state index contributed by atoms with van der Waals surface area (Å²) >= 11 is 0. The van der Waals surface area contributed by atoms with Gasteiger partial charge in [0.05, 0.1) is 0 Å². The van der Waals surface area contributed by atoms with E-state index in [1.165, 1.54) is 0 Å². The van der Waals surface area contributed by atoms with E-state index in [0.29, 0.717) is 12.1 Å². The van der Waals surface area contributed by atoms with E-state index >= 15 is 0 Å². The van der Waals surface area contributed by atoms with Crippen LogP contribution in [0.4, 0.5) is 5.82 Å². The van der Waals surface area contributed by atoms with Gasteiger partial charge in [-0.1, -0.05) is 0 Å². The number of likely N-dealkylation sites (N-methyl/N-ethyl adjacent to an activating group) is 1. The summed E-state index contributed by atoms with van der Waals surface area (Å²) in [6.45, 7) is 8.11. The lowest BCUT2D eigenvalue weighted by Gasteiger charge is -2.33. The first-order valence-corrected chi connectivity index (χ1v) is 7.32. The zero-order valence-electron chi connectivity index (χ0n) is 13.1. The van der Waals surface area contributed by atoms with Gasteiger partial charge in [0.15, 0.2) is 0 Å². The molecule has 1 amide bonds. The molecule has 6 heteroatoms. The summed E-state index contributed by atoms with van der Waals surface area (Å²) in [6, 6.07) is 3.59. The predicted octanol–water partition coefficient (Wildman–Crippen LogP) is 0.301. The molecule has 0 bridgehead atoms. The lowest BCUT2D eigenvalue weighted by Crippen LogP contribution is -2.45. The second-order valence-corrected chi connectivity index (χ2v) is 6.36. The number of aromatic nitrogens is 1. The highest BCUT2D eigenvalue weighted by Crippen LogP contribution is 2.14. The molecule has 1 saturated heterocycles. The van der Waals surface area contributed by atoms with Crippen LogP contribution in [0.2, 0.25) is 0 Å². The Morgan fingerprint density at radius 2 is 2.05 bits per heavy atom. The number of hydrogen-bond donors (Lipinski definition) is 2. The van der Waals surface area contributed by atoms with Crippen LogP contribution >= 0.6 is 0 Å². The Labute approximate surface area is 126 Å². The topological polar surface area (TPSA) is 74.5 Å². The van der Waals surface area contributed by atoms with Gasteiger partial charge in [-0.2, -0.15) is 0 Å². The summed E-state index contributed by atoms with van der Waals surface area (Å²) in [7, 11) is 2.11. The number of anilines is 1. The minimum atomic E-state index is -0.414. The zero-order valence-corrected chi connectivity index (χ0v) is 13.1. The smallest absolute Gasteiger partial charge is 0.251 e. The number of carbonyl (C=O) groups excluding carboxylic acids is 1. The average Bonchev–Trinajstić information content (AvgIpc) is 2.45. The van der Waals surface area contributed by atoms with E-state index in [9.17, 15) is 4.79 Å². The molecule has 0 radical (unpaired) electrons. The van der Waals surface area contributed by atoms with E-state index in [0.717, 1.165) is 32.0 Å². The Morgan fingerprint density at radius 1 is 1.38 bits per heavy atom. The van der Waals surface area contributed by atoms with Gasteiger partial charge < -0.3 is 20.9 Å². The van der Waals surface area contributed by atoms with Crippen LogP contribution in [0.3, 0.4) is 0 Å². The second kappa shape index (κ2) is 6.41. The first kappa shape index (κ1) is 15.7. The summed E-state index contributed by atoms with van der Waals surface area (Å²) < 4.78 is 0. The third-order valence-corrected chi connectivity index (χ3v) is 3.54. The van der Waals surface area contributed by atoms with Crippen molar-refractivity contribution in [1.82, 2.24) is 15.2 Å². The van der Waals surface area contributed by atoms with E-state index in [-0.39, 0.29) is 5.91 Å². The molecular formula is C15H25N5O. The predicted molar refractivity (Wildman–Crippen MR) is 84.5 cm³/mol. The minimum absolute atomic E-state index is 0.105. The number of carbonyl (C=O) groups is 1. The van der Waals surface area contributed by atoms with Crippen molar-refractivity contribution in [2.75, 3.05) is 44.7 Å². The Kier molecular flexibility index (Phi) is 4.80. The number of nitrogens with two attached hydrogens (primary N) is 1. The van der Waals surface area contributed by atoms with Crippen molar-refractivity contribution in [1.29, 1.82) is 0 Å². The maximum atomic E-state index is 12.2. The number of piperazine rings is 1. The van der Waals surface area contributed by atoms with Gasteiger partial charge in [0.1, 0.15) is 5.82 Å². The van der Waals surface area contributed by atoms with Crippen molar-refractivity contribution >= 4 is 11.7 Å². The van der Waals surface area contributed by atoms with Crippen molar-refractivity contribution in [3.63, 3.8) is 0 Å². The van der Waals surface area contributed by atoms with Crippen LogP contribution in [0, 0.1) is 0 Å². The number of nitrogens with zero attached hydrogens (tertiary/aromatic N) is 3. The fraction of sp³-hybridized carbons (Fsp3) is 0.600. The molecule has 116 valence electrons. The molecule has 21 heavy (non-hydrogen) atoms. The fourth-order valence-electron chi connectivity index (χ4n) is 2.18.